The number of nitrogens with two attached hydrogens (primary N) is 1. The molecule has 0 spiro atoms. The summed E-state index contributed by atoms with van der Waals surface area (Å²) in [5.74, 6) is 0.794. The predicted octanol–water partition coefficient (Wildman–Crippen LogP) is 1.91. The third kappa shape index (κ3) is 5.17. The molecule has 0 aromatic carbocycles. The lowest BCUT2D eigenvalue weighted by Gasteiger charge is -2.24. The third-order valence-electron chi connectivity index (χ3n) is 2.97. The lowest BCUT2D eigenvalue weighted by Crippen LogP contribution is -2.42. The van der Waals surface area contributed by atoms with E-state index in [0.29, 0.717) is 12.5 Å². The van der Waals surface area contributed by atoms with Gasteiger partial charge in [0.2, 0.25) is 5.91 Å². The van der Waals surface area contributed by atoms with E-state index in [1.165, 1.54) is 0 Å². The second kappa shape index (κ2) is 7.69. The molecule has 15 heavy (non-hydrogen) atoms. The first-order valence-electron chi connectivity index (χ1n) is 6.07. The highest BCUT2D eigenvalue weighted by molar-refractivity contribution is 5.78. The maximum absolute atomic E-state index is 11.8. The normalized spacial score (nSPS) is 13.3. The Morgan fingerprint density at radius 1 is 1.27 bits per heavy atom. The van der Waals surface area contributed by atoms with Crippen molar-refractivity contribution >= 4 is 5.91 Å². The Morgan fingerprint density at radius 3 is 2.13 bits per heavy atom. The fraction of sp³-hybridized carbons (Fsp3) is 0.917. The fourth-order valence-corrected chi connectivity index (χ4v) is 1.71. The van der Waals surface area contributed by atoms with Gasteiger partial charge < -0.3 is 11.1 Å². The van der Waals surface area contributed by atoms with Gasteiger partial charge in [0.05, 0.1) is 0 Å². The Labute approximate surface area is 93.8 Å². The zero-order chi connectivity index (χ0) is 11.8. The standard InChI is InChI=1S/C12H26N2O/c1-5-10(6-2)12(15)14-11(7-8-13)9(3)4/h9-11H,5-8,13H2,1-4H3,(H,14,15). The van der Waals surface area contributed by atoms with Gasteiger partial charge in [-0.05, 0) is 31.7 Å². The summed E-state index contributed by atoms with van der Waals surface area (Å²) in [6.45, 7) is 8.98. The van der Waals surface area contributed by atoms with Crippen molar-refractivity contribution in [2.75, 3.05) is 6.54 Å². The van der Waals surface area contributed by atoms with E-state index in [-0.39, 0.29) is 17.9 Å². The Balaban J connectivity index is 4.20. The fourth-order valence-electron chi connectivity index (χ4n) is 1.71. The molecule has 0 aliphatic heterocycles. The van der Waals surface area contributed by atoms with E-state index >= 15 is 0 Å². The molecular formula is C12H26N2O. The number of hydrogen-bond donors (Lipinski definition) is 2. The van der Waals surface area contributed by atoms with Gasteiger partial charge in [-0.1, -0.05) is 27.7 Å². The molecule has 0 aromatic heterocycles. The molecule has 0 aliphatic rings. The van der Waals surface area contributed by atoms with Gasteiger partial charge in [0.25, 0.3) is 0 Å². The highest BCUT2D eigenvalue weighted by Gasteiger charge is 2.19. The van der Waals surface area contributed by atoms with Crippen molar-refractivity contribution in [1.29, 1.82) is 0 Å². The zero-order valence-electron chi connectivity index (χ0n) is 10.5. The summed E-state index contributed by atoms with van der Waals surface area (Å²) in [7, 11) is 0. The maximum Gasteiger partial charge on any atom is 0.223 e. The van der Waals surface area contributed by atoms with E-state index < -0.39 is 0 Å². The first kappa shape index (κ1) is 14.4. The molecule has 1 atom stereocenters. The van der Waals surface area contributed by atoms with Crippen LogP contribution in [0.4, 0.5) is 0 Å². The lowest BCUT2D eigenvalue weighted by atomic mass is 9.97. The summed E-state index contributed by atoms with van der Waals surface area (Å²) >= 11 is 0. The SMILES string of the molecule is CCC(CC)C(=O)NC(CCN)C(C)C. The van der Waals surface area contributed by atoms with Gasteiger partial charge in [-0.15, -0.1) is 0 Å². The van der Waals surface area contributed by atoms with Crippen molar-refractivity contribution in [1.82, 2.24) is 5.32 Å². The third-order valence-corrected chi connectivity index (χ3v) is 2.97. The van der Waals surface area contributed by atoms with Crippen LogP contribution >= 0.6 is 0 Å². The second-order valence-corrected chi connectivity index (χ2v) is 4.45. The van der Waals surface area contributed by atoms with Crippen LogP contribution in [0.2, 0.25) is 0 Å². The van der Waals surface area contributed by atoms with Crippen LogP contribution in [0.15, 0.2) is 0 Å². The highest BCUT2D eigenvalue weighted by Crippen LogP contribution is 2.11. The molecular weight excluding hydrogens is 188 g/mol. The van der Waals surface area contributed by atoms with Gasteiger partial charge in [0.15, 0.2) is 0 Å². The quantitative estimate of drug-likeness (QED) is 0.680. The van der Waals surface area contributed by atoms with Crippen LogP contribution in [-0.2, 0) is 4.79 Å². The first-order chi connectivity index (χ1) is 7.06. The molecule has 0 heterocycles. The smallest absolute Gasteiger partial charge is 0.223 e. The molecule has 1 unspecified atom stereocenters. The lowest BCUT2D eigenvalue weighted by molar-refractivity contribution is -0.126. The van der Waals surface area contributed by atoms with Gasteiger partial charge in [-0.3, -0.25) is 4.79 Å². The summed E-state index contributed by atoms with van der Waals surface area (Å²) in [4.78, 5) is 11.8. The van der Waals surface area contributed by atoms with Crippen molar-refractivity contribution in [3.63, 3.8) is 0 Å². The topological polar surface area (TPSA) is 55.1 Å². The minimum atomic E-state index is 0.157. The summed E-state index contributed by atoms with van der Waals surface area (Å²) in [5, 5.41) is 3.10. The minimum Gasteiger partial charge on any atom is -0.353 e. The zero-order valence-corrected chi connectivity index (χ0v) is 10.5. The molecule has 0 bridgehead atoms. The first-order valence-corrected chi connectivity index (χ1v) is 6.07. The minimum absolute atomic E-state index is 0.157. The summed E-state index contributed by atoms with van der Waals surface area (Å²) in [5.41, 5.74) is 5.53. The molecule has 90 valence electrons. The summed E-state index contributed by atoms with van der Waals surface area (Å²) < 4.78 is 0. The van der Waals surface area contributed by atoms with Crippen molar-refractivity contribution < 1.29 is 4.79 Å². The molecule has 0 aliphatic carbocycles. The Kier molecular flexibility index (Phi) is 7.39. The number of carbonyl (C=O) groups excluding carboxylic acids is 1. The average Bonchev–Trinajstić information content (AvgIpc) is 2.18. The average molecular weight is 214 g/mol. The highest BCUT2D eigenvalue weighted by atomic mass is 16.1. The van der Waals surface area contributed by atoms with Crippen molar-refractivity contribution in [2.24, 2.45) is 17.6 Å². The van der Waals surface area contributed by atoms with Gasteiger partial charge >= 0.3 is 0 Å². The second-order valence-electron chi connectivity index (χ2n) is 4.45. The van der Waals surface area contributed by atoms with Crippen molar-refractivity contribution in [2.45, 2.75) is 53.0 Å². The number of carbonyl (C=O) groups is 1. The molecule has 0 aromatic rings. The Morgan fingerprint density at radius 2 is 1.80 bits per heavy atom. The van der Waals surface area contributed by atoms with Crippen LogP contribution < -0.4 is 11.1 Å². The van der Waals surface area contributed by atoms with Gasteiger partial charge in [-0.2, -0.15) is 0 Å². The van der Waals surface area contributed by atoms with Crippen molar-refractivity contribution in [3.05, 3.63) is 0 Å². The molecule has 3 nitrogen and oxygen atoms in total. The Hall–Kier alpha value is -0.570. The molecule has 0 saturated heterocycles. The number of amides is 1. The number of rotatable bonds is 7. The van der Waals surface area contributed by atoms with E-state index in [0.717, 1.165) is 19.3 Å². The van der Waals surface area contributed by atoms with Crippen LogP contribution in [0, 0.1) is 11.8 Å². The molecule has 3 N–H and O–H groups in total. The van der Waals surface area contributed by atoms with E-state index in [1.54, 1.807) is 0 Å². The summed E-state index contributed by atoms with van der Waals surface area (Å²) in [6.07, 6.45) is 2.69. The number of nitrogens with one attached hydrogen (secondary N) is 1. The Bertz CT molecular complexity index is 176. The van der Waals surface area contributed by atoms with E-state index in [2.05, 4.69) is 33.0 Å². The maximum atomic E-state index is 11.8. The molecule has 1 amide bonds. The number of hydrogen-bond acceptors (Lipinski definition) is 2. The van der Waals surface area contributed by atoms with Crippen LogP contribution in [-0.4, -0.2) is 18.5 Å². The van der Waals surface area contributed by atoms with E-state index in [1.807, 2.05) is 0 Å². The van der Waals surface area contributed by atoms with Crippen LogP contribution in [0.1, 0.15) is 47.0 Å². The summed E-state index contributed by atoms with van der Waals surface area (Å²) in [6, 6.07) is 0.225. The van der Waals surface area contributed by atoms with Gasteiger partial charge in [0.1, 0.15) is 0 Å². The van der Waals surface area contributed by atoms with Crippen molar-refractivity contribution in [3.8, 4) is 0 Å². The largest absolute Gasteiger partial charge is 0.353 e. The molecule has 0 fully saturated rings. The van der Waals surface area contributed by atoms with Gasteiger partial charge in [0, 0.05) is 12.0 Å². The molecule has 3 heteroatoms. The van der Waals surface area contributed by atoms with Crippen LogP contribution in [0.5, 0.6) is 0 Å². The molecule has 0 saturated carbocycles. The van der Waals surface area contributed by atoms with Crippen LogP contribution in [0.3, 0.4) is 0 Å². The van der Waals surface area contributed by atoms with Crippen LogP contribution in [0.25, 0.3) is 0 Å². The van der Waals surface area contributed by atoms with E-state index in [4.69, 9.17) is 5.73 Å². The molecule has 0 radical (unpaired) electrons. The van der Waals surface area contributed by atoms with E-state index in [9.17, 15) is 4.79 Å². The van der Waals surface area contributed by atoms with Gasteiger partial charge in [-0.25, -0.2) is 0 Å². The predicted molar refractivity (Wildman–Crippen MR) is 64.5 cm³/mol. The molecule has 0 rings (SSSR count). The monoisotopic (exact) mass is 214 g/mol.